The Bertz CT molecular complexity index is 807. The molecule has 21 heavy (non-hydrogen) atoms. The van der Waals surface area contributed by atoms with Gasteiger partial charge in [-0.15, -0.1) is 0 Å². The van der Waals surface area contributed by atoms with Gasteiger partial charge in [-0.2, -0.15) is 0 Å². The number of benzene rings is 2. The summed E-state index contributed by atoms with van der Waals surface area (Å²) in [6.45, 7) is 3.68. The average Bonchev–Trinajstić information content (AvgIpc) is 2.35. The molecule has 7 heteroatoms. The van der Waals surface area contributed by atoms with Crippen LogP contribution in [0.15, 0.2) is 39.7 Å². The van der Waals surface area contributed by atoms with Gasteiger partial charge >= 0.3 is 0 Å². The molecular weight excluding hydrogens is 376 g/mol. The van der Waals surface area contributed by atoms with E-state index >= 15 is 0 Å². The Hall–Kier alpha value is -1.24. The summed E-state index contributed by atoms with van der Waals surface area (Å²) in [6.07, 6.45) is 0. The smallest absolute Gasteiger partial charge is 0.263 e. The molecule has 0 saturated carbocycles. The van der Waals surface area contributed by atoms with Gasteiger partial charge in [0.15, 0.2) is 0 Å². The van der Waals surface area contributed by atoms with E-state index in [-0.39, 0.29) is 9.92 Å². The number of halogens is 2. The normalized spacial score (nSPS) is 11.4. The van der Waals surface area contributed by atoms with Crippen LogP contribution in [0.5, 0.6) is 0 Å². The Balaban J connectivity index is 2.45. The number of nitrogen functional groups attached to an aromatic ring is 1. The number of hydrogen-bond acceptors (Lipinski definition) is 3. The molecule has 112 valence electrons. The predicted molar refractivity (Wildman–Crippen MR) is 90.3 cm³/mol. The molecule has 0 aliphatic rings. The van der Waals surface area contributed by atoms with Crippen molar-refractivity contribution in [1.29, 1.82) is 0 Å². The third-order valence-electron chi connectivity index (χ3n) is 3.04. The van der Waals surface area contributed by atoms with E-state index in [2.05, 4.69) is 20.7 Å². The van der Waals surface area contributed by atoms with Gasteiger partial charge in [-0.1, -0.05) is 33.6 Å². The number of nitrogens with one attached hydrogen (secondary N) is 1. The van der Waals surface area contributed by atoms with Gasteiger partial charge in [-0.05, 0) is 49.2 Å². The van der Waals surface area contributed by atoms with Crippen molar-refractivity contribution in [3.05, 3.63) is 51.0 Å². The van der Waals surface area contributed by atoms with E-state index in [1.165, 1.54) is 12.1 Å². The van der Waals surface area contributed by atoms with E-state index in [1.807, 2.05) is 19.9 Å². The maximum atomic E-state index is 12.4. The lowest BCUT2D eigenvalue weighted by Crippen LogP contribution is -2.14. The fourth-order valence-corrected chi connectivity index (χ4v) is 4.03. The second kappa shape index (κ2) is 5.87. The second-order valence-electron chi connectivity index (χ2n) is 4.70. The molecule has 0 aliphatic carbocycles. The van der Waals surface area contributed by atoms with E-state index < -0.39 is 10.0 Å². The zero-order valence-corrected chi connectivity index (χ0v) is 14.6. The monoisotopic (exact) mass is 388 g/mol. The quantitative estimate of drug-likeness (QED) is 0.776. The summed E-state index contributed by atoms with van der Waals surface area (Å²) in [4.78, 5) is 0.0194. The van der Waals surface area contributed by atoms with Crippen LogP contribution in [0.25, 0.3) is 0 Å². The summed E-state index contributed by atoms with van der Waals surface area (Å²) in [5, 5.41) is 0.148. The molecule has 2 rings (SSSR count). The van der Waals surface area contributed by atoms with Crippen LogP contribution in [0.2, 0.25) is 5.02 Å². The minimum Gasteiger partial charge on any atom is -0.398 e. The van der Waals surface area contributed by atoms with E-state index in [4.69, 9.17) is 17.3 Å². The van der Waals surface area contributed by atoms with E-state index in [1.54, 1.807) is 12.1 Å². The topological polar surface area (TPSA) is 72.2 Å². The highest BCUT2D eigenvalue weighted by atomic mass is 79.9. The Kier molecular flexibility index (Phi) is 4.51. The standard InChI is InChI=1S/C14H14BrClN2O2S/c1-8-5-9(2)13(7-12(8)17)18-21(19,20)14-4-3-10(15)6-11(14)16/h3-7,18H,17H2,1-2H3. The minimum atomic E-state index is -3.77. The molecule has 0 bridgehead atoms. The molecule has 0 saturated heterocycles. The molecule has 4 nitrogen and oxygen atoms in total. The Morgan fingerprint density at radius 3 is 2.43 bits per heavy atom. The molecule has 0 aromatic heterocycles. The first kappa shape index (κ1) is 16.1. The Labute approximate surface area is 137 Å². The van der Waals surface area contributed by atoms with Crippen molar-refractivity contribution in [2.45, 2.75) is 18.7 Å². The van der Waals surface area contributed by atoms with Crippen molar-refractivity contribution >= 4 is 48.9 Å². The highest BCUT2D eigenvalue weighted by molar-refractivity contribution is 9.10. The number of sulfonamides is 1. The lowest BCUT2D eigenvalue weighted by molar-refractivity contribution is 0.601. The molecule has 3 N–H and O–H groups in total. The molecule has 0 radical (unpaired) electrons. The van der Waals surface area contributed by atoms with Crippen molar-refractivity contribution in [2.24, 2.45) is 0 Å². The van der Waals surface area contributed by atoms with Crippen molar-refractivity contribution in [3.8, 4) is 0 Å². The van der Waals surface area contributed by atoms with Crippen molar-refractivity contribution in [1.82, 2.24) is 0 Å². The van der Waals surface area contributed by atoms with E-state index in [9.17, 15) is 8.42 Å². The van der Waals surface area contributed by atoms with Crippen molar-refractivity contribution in [3.63, 3.8) is 0 Å². The highest BCUT2D eigenvalue weighted by Crippen LogP contribution is 2.29. The van der Waals surface area contributed by atoms with Crippen LogP contribution in [-0.4, -0.2) is 8.42 Å². The number of rotatable bonds is 3. The van der Waals surface area contributed by atoms with Crippen LogP contribution in [0.4, 0.5) is 11.4 Å². The number of anilines is 2. The molecule has 2 aromatic carbocycles. The SMILES string of the molecule is Cc1cc(C)c(NS(=O)(=O)c2ccc(Br)cc2Cl)cc1N. The van der Waals surface area contributed by atoms with Gasteiger partial charge in [0.05, 0.1) is 10.7 Å². The zero-order chi connectivity index (χ0) is 15.8. The van der Waals surface area contributed by atoms with Gasteiger partial charge in [0.2, 0.25) is 0 Å². The van der Waals surface area contributed by atoms with Crippen molar-refractivity contribution < 1.29 is 8.42 Å². The molecule has 2 aromatic rings. The lowest BCUT2D eigenvalue weighted by atomic mass is 10.1. The zero-order valence-electron chi connectivity index (χ0n) is 11.4. The molecule has 0 fully saturated rings. The second-order valence-corrected chi connectivity index (χ2v) is 7.68. The Morgan fingerprint density at radius 1 is 1.14 bits per heavy atom. The fraction of sp³-hybridized carbons (Fsp3) is 0.143. The maximum Gasteiger partial charge on any atom is 0.263 e. The summed E-state index contributed by atoms with van der Waals surface area (Å²) in [6, 6.07) is 8.04. The molecular formula is C14H14BrClN2O2S. The largest absolute Gasteiger partial charge is 0.398 e. The molecule has 0 unspecified atom stereocenters. The number of nitrogens with two attached hydrogens (primary N) is 1. The predicted octanol–water partition coefficient (Wildman–Crippen LogP) is 4.10. The van der Waals surface area contributed by atoms with Crippen LogP contribution in [0.1, 0.15) is 11.1 Å². The van der Waals surface area contributed by atoms with Gasteiger partial charge in [0.1, 0.15) is 4.90 Å². The van der Waals surface area contributed by atoms with E-state index in [0.717, 1.165) is 11.1 Å². The summed E-state index contributed by atoms with van der Waals surface area (Å²) in [5.74, 6) is 0. The average molecular weight is 390 g/mol. The van der Waals surface area contributed by atoms with Crippen LogP contribution >= 0.6 is 27.5 Å². The van der Waals surface area contributed by atoms with Crippen molar-refractivity contribution in [2.75, 3.05) is 10.5 Å². The first-order valence-electron chi connectivity index (χ1n) is 6.05. The molecule has 0 spiro atoms. The first-order valence-corrected chi connectivity index (χ1v) is 8.71. The van der Waals surface area contributed by atoms with Gasteiger partial charge in [-0.25, -0.2) is 8.42 Å². The molecule has 0 amide bonds. The first-order chi connectivity index (χ1) is 9.70. The summed E-state index contributed by atoms with van der Waals surface area (Å²) in [7, 11) is -3.77. The highest BCUT2D eigenvalue weighted by Gasteiger charge is 2.19. The summed E-state index contributed by atoms with van der Waals surface area (Å²) < 4.78 is 28.1. The van der Waals surface area contributed by atoms with Crippen LogP contribution in [-0.2, 0) is 10.0 Å². The number of hydrogen-bond donors (Lipinski definition) is 2. The van der Waals surface area contributed by atoms with E-state index in [0.29, 0.717) is 15.8 Å². The third kappa shape index (κ3) is 3.51. The van der Waals surface area contributed by atoms with Gasteiger partial charge in [-0.3, -0.25) is 4.72 Å². The number of aryl methyl sites for hydroxylation is 2. The fourth-order valence-electron chi connectivity index (χ4n) is 1.87. The lowest BCUT2D eigenvalue weighted by Gasteiger charge is -2.13. The van der Waals surface area contributed by atoms with Crippen LogP contribution in [0.3, 0.4) is 0 Å². The molecule has 0 heterocycles. The maximum absolute atomic E-state index is 12.4. The van der Waals surface area contributed by atoms with Crippen LogP contribution < -0.4 is 10.5 Å². The summed E-state index contributed by atoms with van der Waals surface area (Å²) in [5.41, 5.74) is 8.49. The third-order valence-corrected chi connectivity index (χ3v) is 5.38. The van der Waals surface area contributed by atoms with Gasteiger partial charge in [0, 0.05) is 10.2 Å². The Morgan fingerprint density at radius 2 is 1.81 bits per heavy atom. The van der Waals surface area contributed by atoms with Crippen LogP contribution in [0, 0.1) is 13.8 Å². The summed E-state index contributed by atoms with van der Waals surface area (Å²) >= 11 is 9.25. The minimum absolute atomic E-state index is 0.0194. The molecule has 0 atom stereocenters. The molecule has 0 aliphatic heterocycles. The van der Waals surface area contributed by atoms with Gasteiger partial charge < -0.3 is 5.73 Å². The van der Waals surface area contributed by atoms with Gasteiger partial charge in [0.25, 0.3) is 10.0 Å².